The molecule has 0 amide bonds. The van der Waals surface area contributed by atoms with Crippen LogP contribution in [0.4, 0.5) is 5.82 Å². The molecule has 1 aromatic rings. The fraction of sp³-hybridized carbons (Fsp3) is 0.667. The first-order valence-electron chi connectivity index (χ1n) is 7.22. The average molecular weight is 328 g/mol. The zero-order valence-electron chi connectivity index (χ0n) is 12.5. The van der Waals surface area contributed by atoms with Crippen molar-refractivity contribution in [1.29, 1.82) is 0 Å². The smallest absolute Gasteiger partial charge is 0.133 e. The first-order chi connectivity index (χ1) is 9.12. The Labute approximate surface area is 125 Å². The van der Waals surface area contributed by atoms with Crippen molar-refractivity contribution in [3.05, 3.63) is 22.3 Å². The maximum atomic E-state index is 4.63. The molecule has 0 radical (unpaired) electrons. The third-order valence-electron chi connectivity index (χ3n) is 3.39. The summed E-state index contributed by atoms with van der Waals surface area (Å²) in [5, 5.41) is 3.39. The molecule has 1 atom stereocenters. The molecule has 1 unspecified atom stereocenters. The molecular weight excluding hydrogens is 302 g/mol. The van der Waals surface area contributed by atoms with E-state index in [4.69, 9.17) is 0 Å². The SMILES string of the molecule is CCNCc1cc(Br)cnc1N(CC)CC(C)CC. The number of halogens is 1. The largest absolute Gasteiger partial charge is 0.356 e. The Hall–Kier alpha value is -0.610. The summed E-state index contributed by atoms with van der Waals surface area (Å²) in [7, 11) is 0. The van der Waals surface area contributed by atoms with Gasteiger partial charge in [0.15, 0.2) is 0 Å². The van der Waals surface area contributed by atoms with Gasteiger partial charge < -0.3 is 10.2 Å². The number of nitrogens with zero attached hydrogens (tertiary/aromatic N) is 2. The number of aromatic nitrogens is 1. The van der Waals surface area contributed by atoms with Crippen LogP contribution in [0, 0.1) is 5.92 Å². The van der Waals surface area contributed by atoms with Crippen LogP contribution in [0.3, 0.4) is 0 Å². The molecule has 4 heteroatoms. The topological polar surface area (TPSA) is 28.2 Å². The van der Waals surface area contributed by atoms with E-state index in [0.29, 0.717) is 5.92 Å². The minimum absolute atomic E-state index is 0.692. The third-order valence-corrected chi connectivity index (χ3v) is 3.82. The highest BCUT2D eigenvalue weighted by atomic mass is 79.9. The molecule has 1 rings (SSSR count). The summed E-state index contributed by atoms with van der Waals surface area (Å²) in [6, 6.07) is 2.17. The third kappa shape index (κ3) is 5.11. The second kappa shape index (κ2) is 8.54. The molecular formula is C15H26BrN3. The van der Waals surface area contributed by atoms with Crippen molar-refractivity contribution in [1.82, 2.24) is 10.3 Å². The van der Waals surface area contributed by atoms with Gasteiger partial charge in [0.25, 0.3) is 0 Å². The molecule has 0 spiro atoms. The van der Waals surface area contributed by atoms with Gasteiger partial charge in [-0.3, -0.25) is 0 Å². The number of nitrogens with one attached hydrogen (secondary N) is 1. The highest BCUT2D eigenvalue weighted by Gasteiger charge is 2.14. The summed E-state index contributed by atoms with van der Waals surface area (Å²) in [5.41, 5.74) is 1.27. The van der Waals surface area contributed by atoms with Crippen molar-refractivity contribution >= 4 is 21.7 Å². The van der Waals surface area contributed by atoms with Gasteiger partial charge in [-0.15, -0.1) is 0 Å². The van der Waals surface area contributed by atoms with Crippen LogP contribution < -0.4 is 10.2 Å². The van der Waals surface area contributed by atoms with Crippen LogP contribution in [0.25, 0.3) is 0 Å². The average Bonchev–Trinajstić information content (AvgIpc) is 2.42. The normalized spacial score (nSPS) is 12.5. The zero-order chi connectivity index (χ0) is 14.3. The van der Waals surface area contributed by atoms with Gasteiger partial charge in [-0.25, -0.2) is 4.98 Å². The quantitative estimate of drug-likeness (QED) is 0.786. The molecule has 3 nitrogen and oxygen atoms in total. The Morgan fingerprint density at radius 2 is 2.11 bits per heavy atom. The molecule has 0 aliphatic carbocycles. The summed E-state index contributed by atoms with van der Waals surface area (Å²) < 4.78 is 1.05. The number of hydrogen-bond donors (Lipinski definition) is 1. The fourth-order valence-corrected chi connectivity index (χ4v) is 2.40. The predicted molar refractivity (Wildman–Crippen MR) is 86.7 cm³/mol. The first-order valence-corrected chi connectivity index (χ1v) is 8.01. The molecule has 0 fully saturated rings. The molecule has 0 saturated heterocycles. The maximum Gasteiger partial charge on any atom is 0.133 e. The van der Waals surface area contributed by atoms with E-state index in [-0.39, 0.29) is 0 Å². The van der Waals surface area contributed by atoms with Gasteiger partial charge in [0, 0.05) is 35.9 Å². The lowest BCUT2D eigenvalue weighted by atomic mass is 10.1. The Bertz CT molecular complexity index is 382. The van der Waals surface area contributed by atoms with Gasteiger partial charge in [0.2, 0.25) is 0 Å². The van der Waals surface area contributed by atoms with Crippen LogP contribution in [0.5, 0.6) is 0 Å². The van der Waals surface area contributed by atoms with Crippen molar-refractivity contribution < 1.29 is 0 Å². The Balaban J connectivity index is 2.94. The van der Waals surface area contributed by atoms with Crippen molar-refractivity contribution in [3.8, 4) is 0 Å². The lowest BCUT2D eigenvalue weighted by Crippen LogP contribution is -2.30. The molecule has 0 aliphatic rings. The lowest BCUT2D eigenvalue weighted by molar-refractivity contribution is 0.543. The van der Waals surface area contributed by atoms with Crippen LogP contribution in [-0.4, -0.2) is 24.6 Å². The summed E-state index contributed by atoms with van der Waals surface area (Å²) >= 11 is 3.51. The van der Waals surface area contributed by atoms with Gasteiger partial charge in [-0.2, -0.15) is 0 Å². The van der Waals surface area contributed by atoms with E-state index in [1.807, 2.05) is 6.20 Å². The molecule has 1 heterocycles. The first kappa shape index (κ1) is 16.4. The van der Waals surface area contributed by atoms with Crippen LogP contribution >= 0.6 is 15.9 Å². The number of hydrogen-bond acceptors (Lipinski definition) is 3. The molecule has 0 aliphatic heterocycles. The zero-order valence-corrected chi connectivity index (χ0v) is 14.1. The second-order valence-corrected chi connectivity index (χ2v) is 5.88. The van der Waals surface area contributed by atoms with E-state index in [1.54, 1.807) is 0 Å². The van der Waals surface area contributed by atoms with Crippen LogP contribution in [0.1, 0.15) is 39.7 Å². The van der Waals surface area contributed by atoms with E-state index >= 15 is 0 Å². The molecule has 0 bridgehead atoms. The fourth-order valence-electron chi connectivity index (χ4n) is 2.02. The lowest BCUT2D eigenvalue weighted by Gasteiger charge is -2.27. The molecule has 0 saturated carbocycles. The van der Waals surface area contributed by atoms with E-state index in [0.717, 1.165) is 36.5 Å². The van der Waals surface area contributed by atoms with E-state index in [9.17, 15) is 0 Å². The van der Waals surface area contributed by atoms with Gasteiger partial charge in [-0.05, 0) is 41.4 Å². The summed E-state index contributed by atoms with van der Waals surface area (Å²) in [4.78, 5) is 7.01. The van der Waals surface area contributed by atoms with Crippen molar-refractivity contribution in [2.45, 2.75) is 40.7 Å². The van der Waals surface area contributed by atoms with Crippen molar-refractivity contribution in [2.24, 2.45) is 5.92 Å². The van der Waals surface area contributed by atoms with E-state index in [2.05, 4.69) is 64.9 Å². The van der Waals surface area contributed by atoms with Gasteiger partial charge in [0.1, 0.15) is 5.82 Å². The van der Waals surface area contributed by atoms with Crippen molar-refractivity contribution in [3.63, 3.8) is 0 Å². The standard InChI is InChI=1S/C15H26BrN3/c1-5-12(4)11-19(7-3)15-13(9-17-6-2)8-14(16)10-18-15/h8,10,12,17H,5-7,9,11H2,1-4H3. The van der Waals surface area contributed by atoms with Gasteiger partial charge >= 0.3 is 0 Å². The minimum Gasteiger partial charge on any atom is -0.356 e. The van der Waals surface area contributed by atoms with Gasteiger partial charge in [0.05, 0.1) is 0 Å². The number of anilines is 1. The molecule has 108 valence electrons. The Kier molecular flexibility index (Phi) is 7.39. The molecule has 19 heavy (non-hydrogen) atoms. The van der Waals surface area contributed by atoms with E-state index in [1.165, 1.54) is 12.0 Å². The van der Waals surface area contributed by atoms with Crippen LogP contribution in [-0.2, 0) is 6.54 Å². The predicted octanol–water partition coefficient (Wildman–Crippen LogP) is 3.83. The van der Waals surface area contributed by atoms with E-state index < -0.39 is 0 Å². The highest BCUT2D eigenvalue weighted by Crippen LogP contribution is 2.22. The number of rotatable bonds is 8. The molecule has 1 aromatic heterocycles. The Morgan fingerprint density at radius 1 is 1.37 bits per heavy atom. The van der Waals surface area contributed by atoms with Crippen LogP contribution in [0.2, 0.25) is 0 Å². The molecule has 0 aromatic carbocycles. The van der Waals surface area contributed by atoms with Gasteiger partial charge in [-0.1, -0.05) is 27.2 Å². The Morgan fingerprint density at radius 3 is 2.68 bits per heavy atom. The number of pyridine rings is 1. The second-order valence-electron chi connectivity index (χ2n) is 4.97. The molecule has 1 N–H and O–H groups in total. The maximum absolute atomic E-state index is 4.63. The van der Waals surface area contributed by atoms with Crippen molar-refractivity contribution in [2.75, 3.05) is 24.5 Å². The summed E-state index contributed by atoms with van der Waals surface area (Å²) in [6.45, 7) is 12.8. The summed E-state index contributed by atoms with van der Waals surface area (Å²) in [6.07, 6.45) is 3.10. The highest BCUT2D eigenvalue weighted by molar-refractivity contribution is 9.10. The minimum atomic E-state index is 0.692. The monoisotopic (exact) mass is 327 g/mol. The van der Waals surface area contributed by atoms with Crippen LogP contribution in [0.15, 0.2) is 16.7 Å². The summed E-state index contributed by atoms with van der Waals surface area (Å²) in [5.74, 6) is 1.81.